The molecule has 2 amide bonds. The minimum atomic E-state index is -0.832. The molecule has 0 spiro atoms. The lowest BCUT2D eigenvalue weighted by atomic mass is 9.92. The molecule has 1 aromatic carbocycles. The minimum Gasteiger partial charge on any atom is -0.493 e. The van der Waals surface area contributed by atoms with Gasteiger partial charge in [0.15, 0.2) is 0 Å². The van der Waals surface area contributed by atoms with E-state index in [2.05, 4.69) is 0 Å². The molecule has 180 valence electrons. The topological polar surface area (TPSA) is 79.3 Å². The summed E-state index contributed by atoms with van der Waals surface area (Å²) in [5.41, 5.74) is -1.52. The molecule has 32 heavy (non-hydrogen) atoms. The molecule has 2 rings (SSSR count). The maximum Gasteiger partial charge on any atom is 0.410 e. The number of carbonyl (C=O) groups excluding carboxylic acids is 2. The predicted molar refractivity (Wildman–Crippen MR) is 119 cm³/mol. The molecule has 0 atom stereocenters. The molecule has 1 aromatic rings. The summed E-state index contributed by atoms with van der Waals surface area (Å²) in [5.74, 6) is -0.661. The van der Waals surface area contributed by atoms with E-state index in [9.17, 15) is 19.2 Å². The van der Waals surface area contributed by atoms with Crippen LogP contribution < -0.4 is 4.74 Å². The van der Waals surface area contributed by atoms with Gasteiger partial charge in [0.05, 0.1) is 17.7 Å². The summed E-state index contributed by atoms with van der Waals surface area (Å²) in [5, 5.41) is 10.5. The van der Waals surface area contributed by atoms with Crippen LogP contribution in [0, 0.1) is 11.7 Å². The van der Waals surface area contributed by atoms with E-state index < -0.39 is 22.9 Å². The van der Waals surface area contributed by atoms with Crippen molar-refractivity contribution in [2.45, 2.75) is 78.4 Å². The van der Waals surface area contributed by atoms with Gasteiger partial charge in [0.2, 0.25) is 0 Å². The number of rotatable bonds is 6. The Labute approximate surface area is 190 Å². The molecule has 0 aliphatic carbocycles. The van der Waals surface area contributed by atoms with E-state index in [1.165, 1.54) is 18.2 Å². The molecule has 1 aliphatic heterocycles. The Balaban J connectivity index is 1.74. The van der Waals surface area contributed by atoms with Crippen LogP contribution in [-0.4, -0.2) is 58.0 Å². The lowest BCUT2D eigenvalue weighted by Crippen LogP contribution is -2.43. The number of carbonyl (C=O) groups is 2. The molecule has 1 aliphatic rings. The quantitative estimate of drug-likeness (QED) is 0.362. The van der Waals surface area contributed by atoms with Crippen LogP contribution in [0.3, 0.4) is 0 Å². The second-order valence-corrected chi connectivity index (χ2v) is 10.3. The molecule has 0 radical (unpaired) electrons. The zero-order chi connectivity index (χ0) is 24.1. The van der Waals surface area contributed by atoms with Crippen LogP contribution in [0.15, 0.2) is 18.2 Å². The van der Waals surface area contributed by atoms with E-state index in [1.807, 2.05) is 20.8 Å². The van der Waals surface area contributed by atoms with Crippen molar-refractivity contribution in [2.24, 2.45) is 5.92 Å². The summed E-state index contributed by atoms with van der Waals surface area (Å²) in [6.45, 7) is 12.4. The summed E-state index contributed by atoms with van der Waals surface area (Å²) in [7, 11) is 0. The van der Waals surface area contributed by atoms with Gasteiger partial charge in [0, 0.05) is 19.2 Å². The number of likely N-dealkylation sites (tertiary alicyclic amines) is 1. The van der Waals surface area contributed by atoms with Gasteiger partial charge in [-0.25, -0.2) is 14.2 Å². The fourth-order valence-corrected chi connectivity index (χ4v) is 3.47. The van der Waals surface area contributed by atoms with E-state index in [4.69, 9.17) is 9.47 Å². The van der Waals surface area contributed by atoms with E-state index in [0.29, 0.717) is 36.4 Å². The number of halogens is 1. The Morgan fingerprint density at radius 2 is 1.78 bits per heavy atom. The molecule has 1 heterocycles. The molecular weight excluding hydrogens is 415 g/mol. The standard InChI is InChI=1S/C24H37FN2O5/c1-23(2,3)27(30)21(28)19-10-9-18(16-20(19)25)31-15-7-8-17-11-13-26(14-12-17)22(29)32-24(4,5)6/h9-10,16-17,30H,7-8,11-15H2,1-6H3. The summed E-state index contributed by atoms with van der Waals surface area (Å²) in [4.78, 5) is 26.1. The van der Waals surface area contributed by atoms with Gasteiger partial charge in [-0.15, -0.1) is 0 Å². The summed E-state index contributed by atoms with van der Waals surface area (Å²) in [6.07, 6.45) is 3.38. The Kier molecular flexibility index (Phi) is 8.51. The van der Waals surface area contributed by atoms with E-state index in [0.717, 1.165) is 25.7 Å². The largest absolute Gasteiger partial charge is 0.493 e. The molecule has 1 fully saturated rings. The third-order valence-corrected chi connectivity index (χ3v) is 5.29. The zero-order valence-corrected chi connectivity index (χ0v) is 20.1. The lowest BCUT2D eigenvalue weighted by molar-refractivity contribution is -0.115. The number of nitrogens with zero attached hydrogens (tertiary/aromatic N) is 2. The lowest BCUT2D eigenvalue weighted by Gasteiger charge is -2.33. The third-order valence-electron chi connectivity index (χ3n) is 5.29. The summed E-state index contributed by atoms with van der Waals surface area (Å²) < 4.78 is 25.4. The van der Waals surface area contributed by atoms with Crippen molar-refractivity contribution in [3.8, 4) is 5.75 Å². The molecule has 0 bridgehead atoms. The highest BCUT2D eigenvalue weighted by atomic mass is 19.1. The normalized spacial score (nSPS) is 15.4. The van der Waals surface area contributed by atoms with Crippen molar-refractivity contribution in [3.63, 3.8) is 0 Å². The van der Waals surface area contributed by atoms with Gasteiger partial charge in [-0.3, -0.25) is 10.0 Å². The predicted octanol–water partition coefficient (Wildman–Crippen LogP) is 5.26. The monoisotopic (exact) mass is 452 g/mol. The van der Waals surface area contributed by atoms with Crippen molar-refractivity contribution < 1.29 is 28.7 Å². The second-order valence-electron chi connectivity index (χ2n) is 10.3. The molecule has 7 nitrogen and oxygen atoms in total. The zero-order valence-electron chi connectivity index (χ0n) is 20.1. The van der Waals surface area contributed by atoms with Crippen LogP contribution in [0.1, 0.15) is 77.6 Å². The first-order valence-electron chi connectivity index (χ1n) is 11.2. The van der Waals surface area contributed by atoms with E-state index in [-0.39, 0.29) is 11.7 Å². The summed E-state index contributed by atoms with van der Waals surface area (Å²) >= 11 is 0. The van der Waals surface area contributed by atoms with Crippen molar-refractivity contribution in [3.05, 3.63) is 29.6 Å². The second kappa shape index (κ2) is 10.5. The first kappa shape index (κ1) is 25.9. The smallest absolute Gasteiger partial charge is 0.410 e. The highest BCUT2D eigenvalue weighted by molar-refractivity contribution is 5.94. The van der Waals surface area contributed by atoms with E-state index in [1.54, 1.807) is 25.7 Å². The van der Waals surface area contributed by atoms with Gasteiger partial charge in [-0.05, 0) is 85.3 Å². The van der Waals surface area contributed by atoms with Crippen molar-refractivity contribution in [1.82, 2.24) is 9.96 Å². The van der Waals surface area contributed by atoms with Crippen molar-refractivity contribution in [2.75, 3.05) is 19.7 Å². The van der Waals surface area contributed by atoms with Gasteiger partial charge in [-0.2, -0.15) is 0 Å². The average molecular weight is 453 g/mol. The molecular formula is C24H37FN2O5. The number of amides is 2. The Hall–Kier alpha value is -2.35. The third kappa shape index (κ3) is 7.65. The molecule has 1 N–H and O–H groups in total. The van der Waals surface area contributed by atoms with Crippen molar-refractivity contribution >= 4 is 12.0 Å². The Morgan fingerprint density at radius 3 is 2.31 bits per heavy atom. The molecule has 8 heteroatoms. The van der Waals surface area contributed by atoms with Crippen molar-refractivity contribution in [1.29, 1.82) is 0 Å². The van der Waals surface area contributed by atoms with Crippen LogP contribution >= 0.6 is 0 Å². The maximum atomic E-state index is 14.4. The highest BCUT2D eigenvalue weighted by Crippen LogP contribution is 2.24. The fraction of sp³-hybridized carbons (Fsp3) is 0.667. The number of hydroxylamine groups is 2. The highest BCUT2D eigenvalue weighted by Gasteiger charge is 2.28. The van der Waals surface area contributed by atoms with Crippen LogP contribution in [0.4, 0.5) is 9.18 Å². The molecule has 0 saturated carbocycles. The first-order chi connectivity index (χ1) is 14.8. The van der Waals surface area contributed by atoms with Crippen LogP contribution in [0.25, 0.3) is 0 Å². The van der Waals surface area contributed by atoms with Crippen LogP contribution in [0.5, 0.6) is 5.75 Å². The van der Waals surface area contributed by atoms with Crippen LogP contribution in [-0.2, 0) is 4.74 Å². The van der Waals surface area contributed by atoms with Gasteiger partial charge < -0.3 is 14.4 Å². The molecule has 0 unspecified atom stereocenters. The Morgan fingerprint density at radius 1 is 1.16 bits per heavy atom. The first-order valence-corrected chi connectivity index (χ1v) is 11.2. The summed E-state index contributed by atoms with van der Waals surface area (Å²) in [6, 6.07) is 4.03. The van der Waals surface area contributed by atoms with Crippen LogP contribution in [0.2, 0.25) is 0 Å². The van der Waals surface area contributed by atoms with Gasteiger partial charge >= 0.3 is 6.09 Å². The number of piperidine rings is 1. The Bertz CT molecular complexity index is 793. The maximum absolute atomic E-state index is 14.4. The number of hydrogen-bond acceptors (Lipinski definition) is 5. The SMILES string of the molecule is CC(C)(C)OC(=O)N1CCC(CCCOc2ccc(C(=O)N(O)C(C)(C)C)c(F)c2)CC1. The van der Waals surface area contributed by atoms with Gasteiger partial charge in [0.1, 0.15) is 17.2 Å². The van der Waals surface area contributed by atoms with Gasteiger partial charge in [0.25, 0.3) is 5.91 Å². The number of hydrogen-bond donors (Lipinski definition) is 1. The van der Waals surface area contributed by atoms with E-state index >= 15 is 0 Å². The molecule has 1 saturated heterocycles. The number of benzene rings is 1. The minimum absolute atomic E-state index is 0.202. The fourth-order valence-electron chi connectivity index (χ4n) is 3.47. The number of ether oxygens (including phenoxy) is 2. The average Bonchev–Trinajstić information content (AvgIpc) is 2.68. The molecule has 0 aromatic heterocycles. The van der Waals surface area contributed by atoms with Gasteiger partial charge in [-0.1, -0.05) is 0 Å².